The highest BCUT2D eigenvalue weighted by Gasteiger charge is 2.23. The zero-order valence-electron chi connectivity index (χ0n) is 13.9. The van der Waals surface area contributed by atoms with Gasteiger partial charge in [-0.15, -0.1) is 0 Å². The quantitative estimate of drug-likeness (QED) is 0.502. The normalized spacial score (nSPS) is 13.2. The Hall–Kier alpha value is -1.92. The molecule has 2 unspecified atom stereocenters. The van der Waals surface area contributed by atoms with Crippen LogP contribution in [0.4, 0.5) is 0 Å². The zero-order chi connectivity index (χ0) is 17.2. The molecule has 0 radical (unpaired) electrons. The lowest BCUT2D eigenvalue weighted by Crippen LogP contribution is -2.42. The Kier molecular flexibility index (Phi) is 8.29. The third-order valence-corrected chi connectivity index (χ3v) is 3.10. The lowest BCUT2D eigenvalue weighted by Gasteiger charge is -2.18. The van der Waals surface area contributed by atoms with Crippen LogP contribution in [0.1, 0.15) is 37.6 Å². The third kappa shape index (κ3) is 6.80. The van der Waals surface area contributed by atoms with E-state index in [1.165, 1.54) is 0 Å². The van der Waals surface area contributed by atoms with Gasteiger partial charge in [0.25, 0.3) is 0 Å². The van der Waals surface area contributed by atoms with Crippen LogP contribution in [0.25, 0.3) is 0 Å². The molecule has 128 valence electrons. The van der Waals surface area contributed by atoms with E-state index in [1.807, 2.05) is 6.92 Å². The molecule has 1 aromatic carbocycles. The summed E-state index contributed by atoms with van der Waals surface area (Å²) >= 11 is 0. The summed E-state index contributed by atoms with van der Waals surface area (Å²) in [5.41, 5.74) is 0.473. The van der Waals surface area contributed by atoms with Crippen LogP contribution in [0, 0.1) is 0 Å². The Morgan fingerprint density at radius 3 is 2.35 bits per heavy atom. The minimum Gasteiger partial charge on any atom is -0.494 e. The topological polar surface area (TPSA) is 84.9 Å². The first-order valence-corrected chi connectivity index (χ1v) is 7.82. The molecule has 0 fully saturated rings. The van der Waals surface area contributed by atoms with Crippen molar-refractivity contribution in [3.05, 3.63) is 29.8 Å². The van der Waals surface area contributed by atoms with Gasteiger partial charge in [-0.25, -0.2) is 0 Å². The van der Waals surface area contributed by atoms with Crippen molar-refractivity contribution >= 4 is 11.8 Å². The fourth-order valence-corrected chi connectivity index (χ4v) is 2.04. The minimum absolute atomic E-state index is 0.0768. The highest BCUT2D eigenvalue weighted by Crippen LogP contribution is 2.14. The molecule has 2 atom stereocenters. The van der Waals surface area contributed by atoms with Crippen molar-refractivity contribution in [3.8, 4) is 5.75 Å². The first kappa shape index (κ1) is 19.1. The van der Waals surface area contributed by atoms with Crippen LogP contribution >= 0.6 is 0 Å². The molecule has 0 saturated carbocycles. The number of aliphatic hydroxyl groups excluding tert-OH is 1. The van der Waals surface area contributed by atoms with Gasteiger partial charge in [-0.1, -0.05) is 0 Å². The molecule has 0 aliphatic heterocycles. The van der Waals surface area contributed by atoms with E-state index < -0.39 is 18.1 Å². The number of hydrogen-bond donors (Lipinski definition) is 2. The van der Waals surface area contributed by atoms with Gasteiger partial charge in [-0.05, 0) is 45.0 Å². The Morgan fingerprint density at radius 2 is 1.83 bits per heavy atom. The van der Waals surface area contributed by atoms with Gasteiger partial charge in [0.1, 0.15) is 5.75 Å². The van der Waals surface area contributed by atoms with Gasteiger partial charge >= 0.3 is 5.97 Å². The number of carbonyl (C=O) groups is 2. The molecule has 0 spiro atoms. The smallest absolute Gasteiger partial charge is 0.307 e. The number of benzene rings is 1. The molecule has 6 nitrogen and oxygen atoms in total. The Morgan fingerprint density at radius 1 is 1.17 bits per heavy atom. The zero-order valence-corrected chi connectivity index (χ0v) is 13.9. The molecule has 2 N–H and O–H groups in total. The van der Waals surface area contributed by atoms with Crippen molar-refractivity contribution in [2.24, 2.45) is 0 Å². The largest absolute Gasteiger partial charge is 0.494 e. The predicted molar refractivity (Wildman–Crippen MR) is 86.7 cm³/mol. The maximum Gasteiger partial charge on any atom is 0.307 e. The van der Waals surface area contributed by atoms with Gasteiger partial charge in [-0.3, -0.25) is 9.59 Å². The fourth-order valence-electron chi connectivity index (χ4n) is 2.04. The summed E-state index contributed by atoms with van der Waals surface area (Å²) in [4.78, 5) is 24.2. The summed E-state index contributed by atoms with van der Waals surface area (Å²) in [5, 5.41) is 12.3. The summed E-state index contributed by atoms with van der Waals surface area (Å²) in [6.45, 7) is 6.23. The van der Waals surface area contributed by atoms with Crippen LogP contribution in [0.15, 0.2) is 24.3 Å². The molecule has 0 aliphatic carbocycles. The van der Waals surface area contributed by atoms with Crippen LogP contribution in [0.2, 0.25) is 0 Å². The van der Waals surface area contributed by atoms with E-state index >= 15 is 0 Å². The van der Waals surface area contributed by atoms with E-state index in [0.29, 0.717) is 17.9 Å². The second-order valence-corrected chi connectivity index (χ2v) is 5.14. The standard InChI is InChI=1S/C17H25NO5/c1-4-22-14-8-6-13(7-9-14)17(21)15(18-11-12(3)19)10-16(20)23-5-2/h6-9,12,15,18-19H,4-5,10-11H2,1-3H3. The molecule has 1 aromatic rings. The molecule has 0 aromatic heterocycles. The monoisotopic (exact) mass is 323 g/mol. The highest BCUT2D eigenvalue weighted by molar-refractivity contribution is 6.01. The lowest BCUT2D eigenvalue weighted by atomic mass is 10.0. The molecule has 1 rings (SSSR count). The van der Waals surface area contributed by atoms with Crippen LogP contribution in [-0.2, 0) is 9.53 Å². The SMILES string of the molecule is CCOC(=O)CC(NCC(C)O)C(=O)c1ccc(OCC)cc1. The molecular formula is C17H25NO5. The summed E-state index contributed by atoms with van der Waals surface area (Å²) in [5.74, 6) is 0.0135. The predicted octanol–water partition coefficient (Wildman–Crippen LogP) is 1.56. The molecular weight excluding hydrogens is 298 g/mol. The average Bonchev–Trinajstić information content (AvgIpc) is 2.52. The van der Waals surface area contributed by atoms with Gasteiger partial charge in [0.05, 0.1) is 31.8 Å². The van der Waals surface area contributed by atoms with E-state index in [0.717, 1.165) is 0 Å². The van der Waals surface area contributed by atoms with Gasteiger partial charge in [0.15, 0.2) is 5.78 Å². The Balaban J connectivity index is 2.81. The first-order valence-electron chi connectivity index (χ1n) is 7.82. The van der Waals surface area contributed by atoms with Crippen LogP contribution in [0.5, 0.6) is 5.75 Å². The van der Waals surface area contributed by atoms with Crippen molar-refractivity contribution in [1.29, 1.82) is 0 Å². The second-order valence-electron chi connectivity index (χ2n) is 5.14. The Bertz CT molecular complexity index is 498. The summed E-state index contributed by atoms with van der Waals surface area (Å²) in [7, 11) is 0. The van der Waals surface area contributed by atoms with Crippen LogP contribution in [0.3, 0.4) is 0 Å². The van der Waals surface area contributed by atoms with Crippen LogP contribution in [-0.4, -0.2) is 48.8 Å². The van der Waals surface area contributed by atoms with E-state index in [-0.39, 0.29) is 25.4 Å². The maximum absolute atomic E-state index is 12.6. The Labute approximate surface area is 136 Å². The van der Waals surface area contributed by atoms with Crippen molar-refractivity contribution in [2.75, 3.05) is 19.8 Å². The number of hydrogen-bond acceptors (Lipinski definition) is 6. The molecule has 23 heavy (non-hydrogen) atoms. The number of aliphatic hydroxyl groups is 1. The van der Waals surface area contributed by atoms with E-state index in [9.17, 15) is 14.7 Å². The van der Waals surface area contributed by atoms with Gasteiger partial charge in [0, 0.05) is 12.1 Å². The number of rotatable bonds is 10. The fraction of sp³-hybridized carbons (Fsp3) is 0.529. The minimum atomic E-state index is -0.735. The second kappa shape index (κ2) is 9.97. The van der Waals surface area contributed by atoms with E-state index in [4.69, 9.17) is 9.47 Å². The lowest BCUT2D eigenvalue weighted by molar-refractivity contribution is -0.143. The number of ether oxygens (including phenoxy) is 2. The van der Waals surface area contributed by atoms with Crippen molar-refractivity contribution in [3.63, 3.8) is 0 Å². The van der Waals surface area contributed by atoms with Crippen molar-refractivity contribution in [1.82, 2.24) is 5.32 Å². The number of ketones is 1. The van der Waals surface area contributed by atoms with Gasteiger partial charge in [0.2, 0.25) is 0 Å². The van der Waals surface area contributed by atoms with Crippen LogP contribution < -0.4 is 10.1 Å². The first-order chi connectivity index (χ1) is 11.0. The number of esters is 1. The number of nitrogens with one attached hydrogen (secondary N) is 1. The molecule has 0 aliphatic rings. The molecule has 0 heterocycles. The summed E-state index contributed by atoms with van der Waals surface area (Å²) in [6, 6.07) is 6.02. The number of carbonyl (C=O) groups excluding carboxylic acids is 2. The molecule has 0 saturated heterocycles. The van der Waals surface area contributed by atoms with Gasteiger partial charge in [-0.2, -0.15) is 0 Å². The maximum atomic E-state index is 12.6. The third-order valence-electron chi connectivity index (χ3n) is 3.10. The number of Topliss-reactive ketones (excluding diaryl/α,β-unsaturated/α-hetero) is 1. The van der Waals surface area contributed by atoms with Gasteiger partial charge < -0.3 is 19.9 Å². The molecule has 6 heteroatoms. The van der Waals surface area contributed by atoms with Crippen molar-refractivity contribution in [2.45, 2.75) is 39.3 Å². The molecule has 0 bridgehead atoms. The molecule has 0 amide bonds. The summed E-state index contributed by atoms with van der Waals surface area (Å²) in [6.07, 6.45) is -0.695. The average molecular weight is 323 g/mol. The van der Waals surface area contributed by atoms with E-state index in [2.05, 4.69) is 5.32 Å². The summed E-state index contributed by atoms with van der Waals surface area (Å²) < 4.78 is 10.2. The van der Waals surface area contributed by atoms with E-state index in [1.54, 1.807) is 38.1 Å². The van der Waals surface area contributed by atoms with Crippen molar-refractivity contribution < 1.29 is 24.2 Å². The highest BCUT2D eigenvalue weighted by atomic mass is 16.5.